The lowest BCUT2D eigenvalue weighted by Gasteiger charge is -2.19. The number of benzene rings is 3. The van der Waals surface area contributed by atoms with Crippen molar-refractivity contribution in [1.29, 1.82) is 0 Å². The summed E-state index contributed by atoms with van der Waals surface area (Å²) in [6.07, 6.45) is 0. The Labute approximate surface area is 217 Å². The van der Waals surface area contributed by atoms with Crippen LogP contribution in [0, 0.1) is 23.3 Å². The second-order valence-corrected chi connectivity index (χ2v) is 9.81. The SMILES string of the molecule is COc1c(F)cc(C2(C(N)=O)C(c3ccc(F)c(Cl)c3)C2(Cl)Cl)cc1C(=O)Nc1ccc(F)cc1F. The highest BCUT2D eigenvalue weighted by Gasteiger charge is 2.81. The molecule has 1 aliphatic rings. The second-order valence-electron chi connectivity index (χ2n) is 8.02. The maximum atomic E-state index is 15.1. The van der Waals surface area contributed by atoms with E-state index >= 15 is 4.39 Å². The van der Waals surface area contributed by atoms with Crippen LogP contribution in [0.5, 0.6) is 5.75 Å². The third kappa shape index (κ3) is 3.95. The van der Waals surface area contributed by atoms with Crippen LogP contribution in [0.3, 0.4) is 0 Å². The van der Waals surface area contributed by atoms with Crippen molar-refractivity contribution in [1.82, 2.24) is 0 Å². The van der Waals surface area contributed by atoms with Gasteiger partial charge < -0.3 is 15.8 Å². The van der Waals surface area contributed by atoms with Gasteiger partial charge >= 0.3 is 0 Å². The quantitative estimate of drug-likeness (QED) is 0.293. The van der Waals surface area contributed by atoms with Crippen LogP contribution < -0.4 is 15.8 Å². The normalized spacial score (nSPS) is 20.1. The summed E-state index contributed by atoms with van der Waals surface area (Å²) in [6.45, 7) is 0. The number of hydrogen-bond acceptors (Lipinski definition) is 3. The van der Waals surface area contributed by atoms with Crippen molar-refractivity contribution >= 4 is 52.3 Å². The number of ether oxygens (including phenoxy) is 1. The van der Waals surface area contributed by atoms with Crippen LogP contribution >= 0.6 is 34.8 Å². The summed E-state index contributed by atoms with van der Waals surface area (Å²) < 4.78 is 59.2. The van der Waals surface area contributed by atoms with Crippen molar-refractivity contribution in [2.45, 2.75) is 15.7 Å². The van der Waals surface area contributed by atoms with Gasteiger partial charge in [-0.2, -0.15) is 0 Å². The fourth-order valence-electron chi connectivity index (χ4n) is 4.34. The molecule has 2 atom stereocenters. The zero-order valence-electron chi connectivity index (χ0n) is 18.1. The molecule has 36 heavy (non-hydrogen) atoms. The van der Waals surface area contributed by atoms with Crippen molar-refractivity contribution in [2.75, 3.05) is 12.4 Å². The molecule has 12 heteroatoms. The Hall–Kier alpha value is -3.01. The third-order valence-corrected chi connectivity index (χ3v) is 7.35. The molecule has 0 saturated heterocycles. The van der Waals surface area contributed by atoms with Gasteiger partial charge in [0, 0.05) is 12.0 Å². The van der Waals surface area contributed by atoms with Gasteiger partial charge in [-0.1, -0.05) is 40.9 Å². The minimum atomic E-state index is -1.96. The van der Waals surface area contributed by atoms with Gasteiger partial charge in [-0.3, -0.25) is 9.59 Å². The van der Waals surface area contributed by atoms with E-state index in [4.69, 9.17) is 45.3 Å². The molecule has 5 nitrogen and oxygen atoms in total. The molecular weight excluding hydrogens is 547 g/mol. The molecule has 0 heterocycles. The number of anilines is 1. The summed E-state index contributed by atoms with van der Waals surface area (Å²) >= 11 is 18.9. The van der Waals surface area contributed by atoms with E-state index in [1.54, 1.807) is 0 Å². The monoisotopic (exact) mass is 560 g/mol. The number of alkyl halides is 2. The van der Waals surface area contributed by atoms with Gasteiger partial charge in [-0.15, -0.1) is 0 Å². The average molecular weight is 562 g/mol. The Morgan fingerprint density at radius 2 is 1.67 bits per heavy atom. The van der Waals surface area contributed by atoms with Crippen molar-refractivity contribution < 1.29 is 31.9 Å². The maximum Gasteiger partial charge on any atom is 0.259 e. The van der Waals surface area contributed by atoms with Gasteiger partial charge in [-0.05, 0) is 47.5 Å². The lowest BCUT2D eigenvalue weighted by Crippen LogP contribution is -2.34. The molecule has 188 valence electrons. The van der Waals surface area contributed by atoms with Gasteiger partial charge in [0.2, 0.25) is 5.91 Å². The van der Waals surface area contributed by atoms with Crippen molar-refractivity contribution in [3.05, 3.63) is 93.5 Å². The first-order chi connectivity index (χ1) is 16.9. The zero-order valence-corrected chi connectivity index (χ0v) is 20.4. The van der Waals surface area contributed by atoms with E-state index in [1.165, 1.54) is 12.1 Å². The van der Waals surface area contributed by atoms with Crippen LogP contribution in [0.25, 0.3) is 0 Å². The predicted molar refractivity (Wildman–Crippen MR) is 127 cm³/mol. The molecule has 3 N–H and O–H groups in total. The van der Waals surface area contributed by atoms with E-state index in [0.29, 0.717) is 6.07 Å². The van der Waals surface area contributed by atoms with E-state index in [9.17, 15) is 22.8 Å². The van der Waals surface area contributed by atoms with E-state index in [0.717, 1.165) is 37.4 Å². The van der Waals surface area contributed by atoms with Crippen LogP contribution in [-0.2, 0) is 10.2 Å². The van der Waals surface area contributed by atoms with E-state index in [-0.39, 0.29) is 16.1 Å². The maximum absolute atomic E-state index is 15.1. The Morgan fingerprint density at radius 1 is 0.972 bits per heavy atom. The number of nitrogens with one attached hydrogen (secondary N) is 1. The number of methoxy groups -OCH3 is 1. The lowest BCUT2D eigenvalue weighted by molar-refractivity contribution is -0.120. The summed E-state index contributed by atoms with van der Waals surface area (Å²) in [5.41, 5.74) is 2.93. The van der Waals surface area contributed by atoms with Crippen molar-refractivity contribution in [2.24, 2.45) is 5.73 Å². The van der Waals surface area contributed by atoms with E-state index < -0.39 is 67.7 Å². The summed E-state index contributed by atoms with van der Waals surface area (Å²) in [4.78, 5) is 25.7. The number of hydrogen-bond donors (Lipinski definition) is 2. The topological polar surface area (TPSA) is 81.4 Å². The molecule has 0 aliphatic heterocycles. The van der Waals surface area contributed by atoms with Crippen LogP contribution in [0.1, 0.15) is 27.4 Å². The number of carbonyl (C=O) groups excluding carboxylic acids is 2. The Kier molecular flexibility index (Phi) is 6.61. The van der Waals surface area contributed by atoms with E-state index in [2.05, 4.69) is 5.32 Å². The molecule has 2 amide bonds. The number of halogens is 7. The highest BCUT2D eigenvalue weighted by Crippen LogP contribution is 2.74. The molecule has 0 spiro atoms. The summed E-state index contributed by atoms with van der Waals surface area (Å²) in [6, 6.07) is 7.92. The van der Waals surface area contributed by atoms with Gasteiger partial charge in [0.05, 0.1) is 23.4 Å². The lowest BCUT2D eigenvalue weighted by atomic mass is 9.88. The minimum Gasteiger partial charge on any atom is -0.493 e. The fraction of sp³-hybridized carbons (Fsp3) is 0.167. The smallest absolute Gasteiger partial charge is 0.259 e. The van der Waals surface area contributed by atoms with E-state index in [1.807, 2.05) is 0 Å². The zero-order chi connectivity index (χ0) is 26.6. The summed E-state index contributed by atoms with van der Waals surface area (Å²) in [5.74, 6) is -7.50. The van der Waals surface area contributed by atoms with Crippen LogP contribution in [-0.4, -0.2) is 23.3 Å². The Morgan fingerprint density at radius 3 is 2.25 bits per heavy atom. The number of carbonyl (C=O) groups is 2. The number of nitrogens with two attached hydrogens (primary N) is 1. The summed E-state index contributed by atoms with van der Waals surface area (Å²) in [5, 5.41) is 1.92. The van der Waals surface area contributed by atoms with Crippen LogP contribution in [0.2, 0.25) is 5.02 Å². The van der Waals surface area contributed by atoms with Gasteiger partial charge in [0.15, 0.2) is 11.6 Å². The van der Waals surface area contributed by atoms with Gasteiger partial charge in [0.1, 0.15) is 27.2 Å². The van der Waals surface area contributed by atoms with Gasteiger partial charge in [-0.25, -0.2) is 17.6 Å². The molecule has 0 bridgehead atoms. The van der Waals surface area contributed by atoms with Gasteiger partial charge in [0.25, 0.3) is 5.91 Å². The predicted octanol–water partition coefficient (Wildman–Crippen LogP) is 5.85. The molecule has 1 fully saturated rings. The summed E-state index contributed by atoms with van der Waals surface area (Å²) in [7, 11) is 1.09. The fourth-order valence-corrected chi connectivity index (χ4v) is 5.62. The molecule has 0 aromatic heterocycles. The minimum absolute atomic E-state index is 0.187. The first-order valence-corrected chi connectivity index (χ1v) is 11.3. The number of primary amides is 1. The standard InChI is InChI=1S/C24H15Cl3F4N2O3/c1-36-19-13(21(34)33-18-5-3-12(28)9-16(18)30)7-11(8-17(19)31)23(22(32)35)20(24(23,26)27)10-2-4-15(29)14(25)6-10/h2-9,20H,1H3,(H2,32,35)(H,33,34). The molecule has 3 aromatic rings. The number of rotatable bonds is 6. The van der Waals surface area contributed by atoms with Crippen LogP contribution in [0.15, 0.2) is 48.5 Å². The third-order valence-electron chi connectivity index (χ3n) is 6.03. The molecule has 1 saturated carbocycles. The Balaban J connectivity index is 1.84. The Bertz CT molecular complexity index is 1420. The molecule has 2 unspecified atom stereocenters. The highest BCUT2D eigenvalue weighted by atomic mass is 35.5. The van der Waals surface area contributed by atoms with Crippen molar-refractivity contribution in [3.8, 4) is 5.75 Å². The first kappa shape index (κ1) is 26.1. The molecule has 0 radical (unpaired) electrons. The van der Waals surface area contributed by atoms with Crippen LogP contribution in [0.4, 0.5) is 23.2 Å². The highest BCUT2D eigenvalue weighted by molar-refractivity contribution is 6.55. The average Bonchev–Trinajstić information content (AvgIpc) is 3.34. The molecule has 3 aromatic carbocycles. The second kappa shape index (κ2) is 9.14. The van der Waals surface area contributed by atoms with Crippen molar-refractivity contribution in [3.63, 3.8) is 0 Å². The first-order valence-electron chi connectivity index (χ1n) is 10.1. The largest absolute Gasteiger partial charge is 0.493 e. The molecular formula is C24H15Cl3F4N2O3. The molecule has 4 rings (SSSR count). The number of amides is 2. The molecule has 1 aliphatic carbocycles.